The van der Waals surface area contributed by atoms with Gasteiger partial charge in [0.1, 0.15) is 5.69 Å². The fourth-order valence-corrected chi connectivity index (χ4v) is 3.46. The van der Waals surface area contributed by atoms with E-state index >= 15 is 0 Å². The molecule has 1 aromatic heterocycles. The van der Waals surface area contributed by atoms with E-state index in [1.807, 2.05) is 36.4 Å². The first-order valence-corrected chi connectivity index (χ1v) is 9.09. The zero-order valence-electron chi connectivity index (χ0n) is 14.8. The van der Waals surface area contributed by atoms with E-state index in [1.165, 1.54) is 5.56 Å². The number of rotatable bonds is 6. The van der Waals surface area contributed by atoms with E-state index in [4.69, 9.17) is 0 Å². The maximum atomic E-state index is 12.8. The molecule has 2 aromatic carbocycles. The second-order valence-corrected chi connectivity index (χ2v) is 6.65. The molecule has 0 spiro atoms. The average molecular weight is 345 g/mol. The number of carbonyl (C=O) groups is 1. The Hall–Kier alpha value is -2.85. The summed E-state index contributed by atoms with van der Waals surface area (Å²) in [6, 6.07) is 20.4. The highest BCUT2D eigenvalue weighted by Crippen LogP contribution is 2.21. The summed E-state index contributed by atoms with van der Waals surface area (Å²) in [4.78, 5) is 15.1. The molecule has 1 N–H and O–H groups in total. The Morgan fingerprint density at radius 3 is 2.50 bits per heavy atom. The number of benzene rings is 2. The summed E-state index contributed by atoms with van der Waals surface area (Å²) in [6.07, 6.45) is 4.33. The molecule has 3 aromatic rings. The van der Waals surface area contributed by atoms with Gasteiger partial charge in [0.15, 0.2) is 0 Å². The lowest BCUT2D eigenvalue weighted by Crippen LogP contribution is -2.34. The molecule has 0 bridgehead atoms. The molecule has 0 saturated carbocycles. The molecular formula is C22H23N3O. The van der Waals surface area contributed by atoms with Gasteiger partial charge in [-0.3, -0.25) is 9.69 Å². The Balaban J connectivity index is 1.55. The lowest BCUT2D eigenvalue weighted by molar-refractivity contribution is 0.0941. The quantitative estimate of drug-likeness (QED) is 0.696. The van der Waals surface area contributed by atoms with Crippen LogP contribution in [0, 0.1) is 0 Å². The third-order valence-corrected chi connectivity index (χ3v) is 4.83. The number of carbonyl (C=O) groups excluding carboxylic acids is 1. The molecule has 2 heterocycles. The minimum Gasteiger partial charge on any atom is -0.349 e. The SMILES string of the molecule is O=C(NCCN1CC=CC1)c1cc2ccccc2n1Cc1ccccc1. The van der Waals surface area contributed by atoms with Crippen LogP contribution in [0.25, 0.3) is 10.9 Å². The summed E-state index contributed by atoms with van der Waals surface area (Å²) in [5.41, 5.74) is 2.99. The molecule has 4 nitrogen and oxygen atoms in total. The molecule has 0 unspecified atom stereocenters. The molecule has 1 aliphatic rings. The van der Waals surface area contributed by atoms with Crippen LogP contribution >= 0.6 is 0 Å². The third-order valence-electron chi connectivity index (χ3n) is 4.83. The van der Waals surface area contributed by atoms with E-state index < -0.39 is 0 Å². The molecule has 132 valence electrons. The number of nitrogens with zero attached hydrogens (tertiary/aromatic N) is 2. The van der Waals surface area contributed by atoms with Gasteiger partial charge in [-0.2, -0.15) is 0 Å². The van der Waals surface area contributed by atoms with Crippen molar-refractivity contribution in [1.29, 1.82) is 0 Å². The number of amides is 1. The molecule has 0 atom stereocenters. The first kappa shape index (κ1) is 16.6. The molecule has 1 aliphatic heterocycles. The van der Waals surface area contributed by atoms with Crippen LogP contribution < -0.4 is 5.32 Å². The van der Waals surface area contributed by atoms with Gasteiger partial charge in [0.25, 0.3) is 5.91 Å². The van der Waals surface area contributed by atoms with Crippen LogP contribution in [0.3, 0.4) is 0 Å². The molecular weight excluding hydrogens is 322 g/mol. The number of hydrogen-bond donors (Lipinski definition) is 1. The predicted octanol–water partition coefficient (Wildman–Crippen LogP) is 3.29. The number of fused-ring (bicyclic) bond motifs is 1. The van der Waals surface area contributed by atoms with Gasteiger partial charge < -0.3 is 9.88 Å². The summed E-state index contributed by atoms with van der Waals surface area (Å²) in [7, 11) is 0. The lowest BCUT2D eigenvalue weighted by Gasteiger charge is -2.15. The monoisotopic (exact) mass is 345 g/mol. The summed E-state index contributed by atoms with van der Waals surface area (Å²) in [6.45, 7) is 4.17. The number of para-hydroxylation sites is 1. The van der Waals surface area contributed by atoms with Crippen LogP contribution in [0.2, 0.25) is 0 Å². The minimum absolute atomic E-state index is 0.00992. The van der Waals surface area contributed by atoms with Crippen molar-refractivity contribution in [3.63, 3.8) is 0 Å². The van der Waals surface area contributed by atoms with Gasteiger partial charge in [-0.25, -0.2) is 0 Å². The Labute approximate surface area is 153 Å². The molecule has 4 rings (SSSR count). The Morgan fingerprint density at radius 1 is 0.962 bits per heavy atom. The van der Waals surface area contributed by atoms with Crippen molar-refractivity contribution in [3.05, 3.63) is 84.1 Å². The Morgan fingerprint density at radius 2 is 1.69 bits per heavy atom. The van der Waals surface area contributed by atoms with Crippen LogP contribution in [-0.2, 0) is 6.54 Å². The zero-order valence-corrected chi connectivity index (χ0v) is 14.8. The summed E-state index contributed by atoms with van der Waals surface area (Å²) in [5.74, 6) is -0.00992. The molecule has 0 aliphatic carbocycles. The van der Waals surface area contributed by atoms with Crippen molar-refractivity contribution in [2.75, 3.05) is 26.2 Å². The second-order valence-electron chi connectivity index (χ2n) is 6.65. The smallest absolute Gasteiger partial charge is 0.267 e. The number of aromatic nitrogens is 1. The fraction of sp³-hybridized carbons (Fsp3) is 0.227. The van der Waals surface area contributed by atoms with Crippen LogP contribution in [0.15, 0.2) is 72.8 Å². The summed E-state index contributed by atoms with van der Waals surface area (Å²) in [5, 5.41) is 4.18. The molecule has 0 saturated heterocycles. The highest BCUT2D eigenvalue weighted by atomic mass is 16.1. The highest BCUT2D eigenvalue weighted by Gasteiger charge is 2.16. The molecule has 1 amide bonds. The van der Waals surface area contributed by atoms with Gasteiger partial charge in [0, 0.05) is 43.6 Å². The van der Waals surface area contributed by atoms with E-state index in [9.17, 15) is 4.79 Å². The van der Waals surface area contributed by atoms with E-state index in [-0.39, 0.29) is 5.91 Å². The van der Waals surface area contributed by atoms with Crippen molar-refractivity contribution in [3.8, 4) is 0 Å². The van der Waals surface area contributed by atoms with Gasteiger partial charge in [0.2, 0.25) is 0 Å². The van der Waals surface area contributed by atoms with E-state index in [0.717, 1.165) is 36.2 Å². The second kappa shape index (κ2) is 7.58. The van der Waals surface area contributed by atoms with Gasteiger partial charge in [-0.1, -0.05) is 60.7 Å². The van der Waals surface area contributed by atoms with Crippen LogP contribution in [0.1, 0.15) is 16.1 Å². The van der Waals surface area contributed by atoms with E-state index in [2.05, 4.69) is 51.2 Å². The van der Waals surface area contributed by atoms with Crippen LogP contribution in [-0.4, -0.2) is 41.6 Å². The van der Waals surface area contributed by atoms with Crippen molar-refractivity contribution in [2.24, 2.45) is 0 Å². The predicted molar refractivity (Wildman–Crippen MR) is 105 cm³/mol. The van der Waals surface area contributed by atoms with Crippen LogP contribution in [0.4, 0.5) is 0 Å². The topological polar surface area (TPSA) is 37.3 Å². The molecule has 0 radical (unpaired) electrons. The largest absolute Gasteiger partial charge is 0.349 e. The van der Waals surface area contributed by atoms with Crippen molar-refractivity contribution in [1.82, 2.24) is 14.8 Å². The zero-order chi connectivity index (χ0) is 17.8. The molecule has 26 heavy (non-hydrogen) atoms. The first-order valence-electron chi connectivity index (χ1n) is 9.09. The lowest BCUT2D eigenvalue weighted by atomic mass is 10.2. The number of hydrogen-bond acceptors (Lipinski definition) is 2. The van der Waals surface area contributed by atoms with Gasteiger partial charge in [0.05, 0.1) is 0 Å². The van der Waals surface area contributed by atoms with Crippen LogP contribution in [0.5, 0.6) is 0 Å². The van der Waals surface area contributed by atoms with Gasteiger partial charge >= 0.3 is 0 Å². The molecule has 0 fully saturated rings. The third kappa shape index (κ3) is 3.55. The summed E-state index contributed by atoms with van der Waals surface area (Å²) < 4.78 is 2.11. The van der Waals surface area contributed by atoms with Gasteiger partial charge in [-0.15, -0.1) is 0 Å². The van der Waals surface area contributed by atoms with Crippen molar-refractivity contribution in [2.45, 2.75) is 6.54 Å². The minimum atomic E-state index is -0.00992. The number of nitrogens with one attached hydrogen (secondary N) is 1. The maximum absolute atomic E-state index is 12.8. The van der Waals surface area contributed by atoms with Crippen molar-refractivity contribution >= 4 is 16.8 Å². The highest BCUT2D eigenvalue weighted by molar-refractivity contribution is 5.98. The standard InChI is InChI=1S/C22H23N3O/c26-22(23-12-15-24-13-6-7-14-24)21-16-19-10-4-5-11-20(19)25(21)17-18-8-2-1-3-9-18/h1-11,16H,12-15,17H2,(H,23,26). The Bertz CT molecular complexity index is 919. The summed E-state index contributed by atoms with van der Waals surface area (Å²) >= 11 is 0. The van der Waals surface area contributed by atoms with E-state index in [1.54, 1.807) is 0 Å². The van der Waals surface area contributed by atoms with Crippen molar-refractivity contribution < 1.29 is 4.79 Å². The van der Waals surface area contributed by atoms with E-state index in [0.29, 0.717) is 13.1 Å². The fourth-order valence-electron chi connectivity index (χ4n) is 3.46. The molecule has 4 heteroatoms. The maximum Gasteiger partial charge on any atom is 0.267 e. The normalized spacial score (nSPS) is 14.2. The average Bonchev–Trinajstić information content (AvgIpc) is 3.31. The Kier molecular flexibility index (Phi) is 4.84. The van der Waals surface area contributed by atoms with Gasteiger partial charge in [-0.05, 0) is 17.7 Å². The first-order chi connectivity index (χ1) is 12.8.